The van der Waals surface area contributed by atoms with Gasteiger partial charge in [-0.1, -0.05) is 0 Å². The van der Waals surface area contributed by atoms with Crippen LogP contribution in [0, 0.1) is 5.82 Å². The molecule has 0 aliphatic heterocycles. The van der Waals surface area contributed by atoms with E-state index in [2.05, 4.69) is 4.74 Å². The molecule has 1 aromatic heterocycles. The largest absolute Gasteiger partial charge is 0.489 e. The molecule has 0 spiro atoms. The monoisotopic (exact) mass is 444 g/mol. The lowest BCUT2D eigenvalue weighted by atomic mass is 10.0. The highest BCUT2D eigenvalue weighted by molar-refractivity contribution is 6.12. The molecule has 1 heterocycles. The fourth-order valence-corrected chi connectivity index (χ4v) is 3.26. The zero-order valence-electron chi connectivity index (χ0n) is 18.3. The Labute approximate surface area is 184 Å². The lowest BCUT2D eigenvalue weighted by Gasteiger charge is -2.23. The van der Waals surface area contributed by atoms with Crippen LogP contribution in [0.4, 0.5) is 14.9 Å². The molecule has 9 heteroatoms. The molecule has 1 amide bonds. The summed E-state index contributed by atoms with van der Waals surface area (Å²) in [4.78, 5) is 25.9. The molecule has 0 bridgehead atoms. The van der Waals surface area contributed by atoms with Crippen LogP contribution in [0.5, 0.6) is 5.75 Å². The van der Waals surface area contributed by atoms with Crippen LogP contribution in [-0.2, 0) is 9.47 Å². The van der Waals surface area contributed by atoms with Crippen molar-refractivity contribution in [3.63, 3.8) is 0 Å². The van der Waals surface area contributed by atoms with E-state index in [9.17, 15) is 14.0 Å². The topological polar surface area (TPSA) is 104 Å². The summed E-state index contributed by atoms with van der Waals surface area (Å²) < 4.78 is 35.2. The number of esters is 1. The van der Waals surface area contributed by atoms with E-state index < -0.39 is 17.9 Å². The summed E-state index contributed by atoms with van der Waals surface area (Å²) in [6.45, 7) is 4.83. The molecular weight excluding hydrogens is 419 g/mol. The predicted octanol–water partition coefficient (Wildman–Crippen LogP) is 4.34. The van der Waals surface area contributed by atoms with Gasteiger partial charge >= 0.3 is 12.1 Å². The molecule has 170 valence electrons. The molecule has 0 unspecified atom stereocenters. The van der Waals surface area contributed by atoms with E-state index in [1.807, 2.05) is 25.8 Å². The first-order valence-electron chi connectivity index (χ1n) is 9.96. The summed E-state index contributed by atoms with van der Waals surface area (Å²) in [5.74, 6) is -0.795. The van der Waals surface area contributed by atoms with E-state index in [1.54, 1.807) is 19.2 Å². The van der Waals surface area contributed by atoms with Gasteiger partial charge in [0.25, 0.3) is 0 Å². The number of likely N-dealkylation sites (N-methyl/N-ethyl adjacent to an activating group) is 1. The number of rotatable bonds is 8. The number of hydrogen-bond donors (Lipinski definition) is 1. The van der Waals surface area contributed by atoms with Crippen molar-refractivity contribution < 1.29 is 32.6 Å². The number of halogens is 1. The third-order valence-electron chi connectivity index (χ3n) is 4.68. The average molecular weight is 444 g/mol. The number of carbonyl (C=O) groups is 2. The number of amides is 1. The highest BCUT2D eigenvalue weighted by atomic mass is 19.1. The highest BCUT2D eigenvalue weighted by Gasteiger charge is 2.27. The van der Waals surface area contributed by atoms with Gasteiger partial charge in [-0.25, -0.2) is 14.0 Å². The molecule has 0 atom stereocenters. The second kappa shape index (κ2) is 9.69. The molecule has 0 saturated heterocycles. The first-order valence-corrected chi connectivity index (χ1v) is 9.96. The molecule has 0 aliphatic carbocycles. The van der Waals surface area contributed by atoms with Crippen LogP contribution >= 0.6 is 0 Å². The first kappa shape index (κ1) is 23.1. The Morgan fingerprint density at radius 3 is 2.47 bits per heavy atom. The SMILES string of the molecule is COCCN(C)c1cc2oc(-c3ccc(F)cc3)c(C(=O)OC(N)=O)c2cc1OC(C)C. The molecule has 2 aromatic carbocycles. The van der Waals surface area contributed by atoms with Gasteiger partial charge in [0.05, 0.1) is 18.4 Å². The van der Waals surface area contributed by atoms with Gasteiger partial charge in [-0.05, 0) is 44.2 Å². The van der Waals surface area contributed by atoms with Gasteiger partial charge in [0.15, 0.2) is 0 Å². The molecule has 0 fully saturated rings. The number of fused-ring (bicyclic) bond motifs is 1. The number of ether oxygens (including phenoxy) is 3. The maximum Gasteiger partial charge on any atom is 0.412 e. The lowest BCUT2D eigenvalue weighted by molar-refractivity contribution is 0.0640. The number of anilines is 1. The summed E-state index contributed by atoms with van der Waals surface area (Å²) in [5, 5.41) is 0.370. The van der Waals surface area contributed by atoms with Crippen LogP contribution in [0.25, 0.3) is 22.3 Å². The number of benzene rings is 2. The van der Waals surface area contributed by atoms with Crippen LogP contribution in [-0.4, -0.2) is 45.5 Å². The van der Waals surface area contributed by atoms with E-state index in [-0.39, 0.29) is 17.4 Å². The van der Waals surface area contributed by atoms with Crippen molar-refractivity contribution in [2.75, 3.05) is 32.2 Å². The second-order valence-electron chi connectivity index (χ2n) is 7.42. The lowest BCUT2D eigenvalue weighted by Crippen LogP contribution is -2.23. The van der Waals surface area contributed by atoms with Crippen molar-refractivity contribution in [2.45, 2.75) is 20.0 Å². The van der Waals surface area contributed by atoms with E-state index in [0.717, 1.165) is 5.69 Å². The number of methoxy groups -OCH3 is 1. The Balaban J connectivity index is 2.25. The number of primary amides is 1. The van der Waals surface area contributed by atoms with E-state index >= 15 is 0 Å². The molecule has 3 rings (SSSR count). The van der Waals surface area contributed by atoms with Crippen molar-refractivity contribution in [2.24, 2.45) is 5.73 Å². The Kier molecular flexibility index (Phi) is 6.99. The third-order valence-corrected chi connectivity index (χ3v) is 4.68. The van der Waals surface area contributed by atoms with Crippen molar-refractivity contribution in [3.05, 3.63) is 47.8 Å². The summed E-state index contributed by atoms with van der Waals surface area (Å²) in [7, 11) is 3.49. The van der Waals surface area contributed by atoms with E-state index in [4.69, 9.17) is 19.6 Å². The highest BCUT2D eigenvalue weighted by Crippen LogP contribution is 2.40. The fourth-order valence-electron chi connectivity index (χ4n) is 3.26. The summed E-state index contributed by atoms with van der Waals surface area (Å²) in [6.07, 6.45) is -1.39. The maximum absolute atomic E-state index is 13.4. The quantitative estimate of drug-likeness (QED) is 0.407. The molecule has 0 saturated carbocycles. The normalized spacial score (nSPS) is 11.1. The molecule has 2 N–H and O–H groups in total. The van der Waals surface area contributed by atoms with Crippen molar-refractivity contribution in [1.82, 2.24) is 0 Å². The van der Waals surface area contributed by atoms with Crippen molar-refractivity contribution in [1.29, 1.82) is 0 Å². The van der Waals surface area contributed by atoms with Crippen molar-refractivity contribution in [3.8, 4) is 17.1 Å². The van der Waals surface area contributed by atoms with Crippen LogP contribution in [0.3, 0.4) is 0 Å². The molecule has 0 aliphatic rings. The minimum Gasteiger partial charge on any atom is -0.489 e. The molecule has 8 nitrogen and oxygen atoms in total. The Hall–Kier alpha value is -3.59. The molecule has 0 radical (unpaired) electrons. The second-order valence-corrected chi connectivity index (χ2v) is 7.42. The number of nitrogens with two attached hydrogens (primary N) is 1. The van der Waals surface area contributed by atoms with E-state index in [1.165, 1.54) is 24.3 Å². The van der Waals surface area contributed by atoms with Gasteiger partial charge in [0.2, 0.25) is 0 Å². The number of nitrogens with zero attached hydrogens (tertiary/aromatic N) is 1. The smallest absolute Gasteiger partial charge is 0.412 e. The Bertz CT molecular complexity index is 1120. The first-order chi connectivity index (χ1) is 15.2. The fraction of sp³-hybridized carbons (Fsp3) is 0.304. The van der Waals surface area contributed by atoms with Gasteiger partial charge in [0.1, 0.15) is 28.5 Å². The van der Waals surface area contributed by atoms with Crippen LogP contribution in [0.15, 0.2) is 40.8 Å². The van der Waals surface area contributed by atoms with Gasteiger partial charge in [0, 0.05) is 37.7 Å². The van der Waals surface area contributed by atoms with Gasteiger partial charge < -0.3 is 29.3 Å². The minimum atomic E-state index is -1.25. The van der Waals surface area contributed by atoms with Crippen LogP contribution in [0.1, 0.15) is 24.2 Å². The zero-order chi connectivity index (χ0) is 23.4. The third kappa shape index (κ3) is 5.00. The van der Waals surface area contributed by atoms with Crippen LogP contribution in [0.2, 0.25) is 0 Å². The number of furan rings is 1. The summed E-state index contributed by atoms with van der Waals surface area (Å²) in [6, 6.07) is 8.79. The van der Waals surface area contributed by atoms with Crippen molar-refractivity contribution >= 4 is 28.7 Å². The molecule has 32 heavy (non-hydrogen) atoms. The standard InChI is InChI=1S/C23H25FN2O6/c1-13(2)30-19-11-16-18(12-17(19)26(3)9-10-29-4)31-21(14-5-7-15(24)8-6-14)20(16)22(27)32-23(25)28/h5-8,11-13H,9-10H2,1-4H3,(H2,25,28). The average Bonchev–Trinajstić information content (AvgIpc) is 3.09. The van der Waals surface area contributed by atoms with Gasteiger partial charge in [-0.2, -0.15) is 0 Å². The Morgan fingerprint density at radius 1 is 1.19 bits per heavy atom. The van der Waals surface area contributed by atoms with Gasteiger partial charge in [-0.3, -0.25) is 0 Å². The Morgan fingerprint density at radius 2 is 1.88 bits per heavy atom. The zero-order valence-corrected chi connectivity index (χ0v) is 18.3. The summed E-state index contributed by atoms with van der Waals surface area (Å²) in [5.41, 5.74) is 6.55. The molecular formula is C23H25FN2O6. The minimum absolute atomic E-state index is 0.00916. The van der Waals surface area contributed by atoms with Crippen LogP contribution < -0.4 is 15.4 Å². The number of carbonyl (C=O) groups excluding carboxylic acids is 2. The van der Waals surface area contributed by atoms with E-state index in [0.29, 0.717) is 35.4 Å². The summed E-state index contributed by atoms with van der Waals surface area (Å²) >= 11 is 0. The number of hydrogen-bond acceptors (Lipinski definition) is 7. The van der Waals surface area contributed by atoms with Gasteiger partial charge in [-0.15, -0.1) is 0 Å². The predicted molar refractivity (Wildman–Crippen MR) is 118 cm³/mol. The maximum atomic E-state index is 13.4. The molecule has 3 aromatic rings.